The van der Waals surface area contributed by atoms with Gasteiger partial charge in [0.2, 0.25) is 0 Å². The van der Waals surface area contributed by atoms with E-state index >= 15 is 0 Å². The zero-order valence-corrected chi connectivity index (χ0v) is 9.17. The number of unbranched alkanes of at least 4 members (excludes halogenated alkanes) is 1. The van der Waals surface area contributed by atoms with Crippen LogP contribution < -0.4 is 5.32 Å². The molecule has 3 heteroatoms. The van der Waals surface area contributed by atoms with Crippen LogP contribution >= 0.6 is 0 Å². The molecule has 0 fully saturated rings. The number of rotatable bonds is 4. The van der Waals surface area contributed by atoms with Crippen molar-refractivity contribution in [1.29, 1.82) is 0 Å². The van der Waals surface area contributed by atoms with Crippen molar-refractivity contribution in [2.24, 2.45) is 0 Å². The van der Waals surface area contributed by atoms with Gasteiger partial charge in [-0.3, -0.25) is 4.79 Å². The molecule has 0 aromatic carbocycles. The minimum atomic E-state index is -0.0581. The lowest BCUT2D eigenvalue weighted by molar-refractivity contribution is 0.0952. The maximum atomic E-state index is 11.2. The van der Waals surface area contributed by atoms with Gasteiger partial charge in [0, 0.05) is 7.97 Å². The molecule has 0 saturated heterocycles. The van der Waals surface area contributed by atoms with Crippen LogP contribution in [0.2, 0.25) is 0 Å². The Labute approximate surface area is 87.0 Å². The molecule has 0 radical (unpaired) electrons. The summed E-state index contributed by atoms with van der Waals surface area (Å²) in [6.07, 6.45) is 5.05. The van der Waals surface area contributed by atoms with Gasteiger partial charge in [-0.1, -0.05) is 27.2 Å². The Bertz CT molecular complexity index is 235. The lowest BCUT2D eigenvalue weighted by atomic mass is 10.3. The molecule has 0 atom stereocenters. The summed E-state index contributed by atoms with van der Waals surface area (Å²) in [5, 5.41) is 2.79. The second-order valence-corrected chi connectivity index (χ2v) is 2.62. The van der Waals surface area contributed by atoms with Gasteiger partial charge in [-0.25, -0.2) is 0 Å². The molecule has 3 nitrogen and oxygen atoms in total. The third-order valence-corrected chi connectivity index (χ3v) is 1.60. The first-order valence-corrected chi connectivity index (χ1v) is 5.15. The molecule has 0 aliphatic carbocycles. The zero-order valence-electron chi connectivity index (χ0n) is 9.17. The van der Waals surface area contributed by atoms with E-state index in [1.54, 1.807) is 6.07 Å². The molecule has 1 heterocycles. The van der Waals surface area contributed by atoms with Gasteiger partial charge < -0.3 is 9.73 Å². The summed E-state index contributed by atoms with van der Waals surface area (Å²) >= 11 is 0. The van der Waals surface area contributed by atoms with E-state index in [0.717, 1.165) is 19.4 Å². The van der Waals surface area contributed by atoms with E-state index in [9.17, 15) is 4.79 Å². The summed E-state index contributed by atoms with van der Waals surface area (Å²) in [7, 11) is 0. The fourth-order valence-electron chi connectivity index (χ4n) is 0.874. The Balaban J connectivity index is 0. The highest BCUT2D eigenvalue weighted by Gasteiger charge is 2.04. The molecule has 0 bridgehead atoms. The lowest BCUT2D eigenvalue weighted by Crippen LogP contribution is -2.23. The van der Waals surface area contributed by atoms with Crippen molar-refractivity contribution < 1.29 is 10.6 Å². The van der Waals surface area contributed by atoms with Gasteiger partial charge in [0.05, 0.1) is 11.8 Å². The summed E-state index contributed by atoms with van der Waals surface area (Å²) < 4.78 is 4.78. The fraction of sp³-hybridized carbons (Fsp3) is 0.545. The molecule has 14 heavy (non-hydrogen) atoms. The van der Waals surface area contributed by atoms with Crippen LogP contribution in [0.25, 0.3) is 0 Å². The van der Waals surface area contributed by atoms with E-state index in [1.165, 1.54) is 12.5 Å². The molecule has 1 aromatic heterocycles. The molecule has 0 aliphatic rings. The van der Waals surface area contributed by atoms with Gasteiger partial charge in [-0.15, -0.1) is 0 Å². The molecule has 0 saturated carbocycles. The molecule has 1 amide bonds. The van der Waals surface area contributed by atoms with E-state index in [0.29, 0.717) is 5.56 Å². The third-order valence-electron chi connectivity index (χ3n) is 1.60. The summed E-state index contributed by atoms with van der Waals surface area (Å²) in [6.45, 7) is 6.82. The molecule has 1 rings (SSSR count). The van der Waals surface area contributed by atoms with Crippen molar-refractivity contribution in [1.82, 2.24) is 5.32 Å². The van der Waals surface area contributed by atoms with Crippen LogP contribution in [0.1, 0.15) is 45.4 Å². The summed E-state index contributed by atoms with van der Waals surface area (Å²) in [6, 6.07) is 1.65. The number of carbonyl (C=O) groups excluding carboxylic acids is 1. The van der Waals surface area contributed by atoms with Crippen LogP contribution in [0.4, 0.5) is 0 Å². The van der Waals surface area contributed by atoms with Crippen molar-refractivity contribution in [3.05, 3.63) is 24.2 Å². The van der Waals surface area contributed by atoms with Crippen molar-refractivity contribution in [2.45, 2.75) is 33.6 Å². The van der Waals surface area contributed by atoms with Crippen molar-refractivity contribution in [3.8, 4) is 0 Å². The third kappa shape index (κ3) is 4.70. The maximum Gasteiger partial charge on any atom is 0.254 e. The van der Waals surface area contributed by atoms with Gasteiger partial charge in [0.15, 0.2) is 0 Å². The number of hydrogen-bond donors (Lipinski definition) is 1. The molecular weight excluding hydrogens is 178 g/mol. The molecule has 0 unspecified atom stereocenters. The highest BCUT2D eigenvalue weighted by atomic mass is 16.3. The Morgan fingerprint density at radius 2 is 2.29 bits per heavy atom. The van der Waals surface area contributed by atoms with Crippen LogP contribution in [-0.4, -0.2) is 12.5 Å². The lowest BCUT2D eigenvalue weighted by Gasteiger charge is -2.00. The first kappa shape index (κ1) is 12.8. The number of furan rings is 1. The van der Waals surface area contributed by atoms with Crippen molar-refractivity contribution >= 4 is 5.91 Å². The van der Waals surface area contributed by atoms with E-state index < -0.39 is 0 Å². The van der Waals surface area contributed by atoms with E-state index in [1.807, 2.05) is 13.8 Å². The normalized spacial score (nSPS) is 8.79. The monoisotopic (exact) mass is 199 g/mol. The van der Waals surface area contributed by atoms with Crippen molar-refractivity contribution in [3.63, 3.8) is 0 Å². The second kappa shape index (κ2) is 8.35. The van der Waals surface area contributed by atoms with Crippen LogP contribution in [-0.2, 0) is 0 Å². The molecule has 0 spiro atoms. The number of carbonyl (C=O) groups is 1. The predicted octanol–water partition coefficient (Wildman–Crippen LogP) is 3.08. The molecule has 1 N–H and O–H groups in total. The van der Waals surface area contributed by atoms with E-state index in [2.05, 4.69) is 12.2 Å². The van der Waals surface area contributed by atoms with Gasteiger partial charge >= 0.3 is 0 Å². The minimum Gasteiger partial charge on any atom is -0.472 e. The Hall–Kier alpha value is -1.25. The summed E-state index contributed by atoms with van der Waals surface area (Å²) in [5.74, 6) is -0.0581. The predicted molar refractivity (Wildman–Crippen MR) is 59.4 cm³/mol. The van der Waals surface area contributed by atoms with Crippen LogP contribution in [0, 0.1) is 0 Å². The smallest absolute Gasteiger partial charge is 0.254 e. The van der Waals surface area contributed by atoms with Crippen LogP contribution in [0.5, 0.6) is 0 Å². The second-order valence-electron chi connectivity index (χ2n) is 2.62. The van der Waals surface area contributed by atoms with Gasteiger partial charge in [0.25, 0.3) is 5.91 Å². The minimum absolute atomic E-state index is 0. The van der Waals surface area contributed by atoms with Gasteiger partial charge in [-0.05, 0) is 12.5 Å². The SMILES string of the molecule is CC.CCCCNC(=O)c1ccoc1.[HH]. The van der Waals surface area contributed by atoms with E-state index in [4.69, 9.17) is 4.42 Å². The first-order chi connectivity index (χ1) is 6.84. The van der Waals surface area contributed by atoms with Crippen LogP contribution in [0.3, 0.4) is 0 Å². The molecule has 1 aromatic rings. The average Bonchev–Trinajstić information content (AvgIpc) is 2.74. The zero-order chi connectivity index (χ0) is 10.8. The Kier molecular flexibility index (Phi) is 7.61. The van der Waals surface area contributed by atoms with E-state index in [-0.39, 0.29) is 7.33 Å². The number of nitrogens with one attached hydrogen (secondary N) is 1. The summed E-state index contributed by atoms with van der Waals surface area (Å²) in [5.41, 5.74) is 0.589. The highest BCUT2D eigenvalue weighted by molar-refractivity contribution is 5.93. The first-order valence-electron chi connectivity index (χ1n) is 5.15. The van der Waals surface area contributed by atoms with Gasteiger partial charge in [0.1, 0.15) is 6.26 Å². The number of hydrogen-bond acceptors (Lipinski definition) is 2. The average molecular weight is 199 g/mol. The largest absolute Gasteiger partial charge is 0.472 e. The number of amides is 1. The molecular formula is C11H21NO2. The quantitative estimate of drug-likeness (QED) is 0.757. The maximum absolute atomic E-state index is 11.2. The Morgan fingerprint density at radius 3 is 2.79 bits per heavy atom. The molecule has 82 valence electrons. The topological polar surface area (TPSA) is 42.2 Å². The van der Waals surface area contributed by atoms with Gasteiger partial charge in [-0.2, -0.15) is 0 Å². The Morgan fingerprint density at radius 1 is 1.57 bits per heavy atom. The standard InChI is InChI=1S/C9H13NO2.C2H6.H2/c1-2-3-5-10-9(11)8-4-6-12-7-8;1-2;/h4,6-7H,2-3,5H2,1H3,(H,10,11);1-2H3;1H. The fourth-order valence-corrected chi connectivity index (χ4v) is 0.874. The highest BCUT2D eigenvalue weighted by Crippen LogP contribution is 1.98. The van der Waals surface area contributed by atoms with Crippen molar-refractivity contribution in [2.75, 3.05) is 6.54 Å². The summed E-state index contributed by atoms with van der Waals surface area (Å²) in [4.78, 5) is 11.2. The van der Waals surface area contributed by atoms with Crippen LogP contribution in [0.15, 0.2) is 23.0 Å². The molecule has 0 aliphatic heterocycles.